The molecule has 3 rings (SSSR count). The van der Waals surface area contributed by atoms with Gasteiger partial charge in [0.05, 0.1) is 6.20 Å². The summed E-state index contributed by atoms with van der Waals surface area (Å²) in [5, 5.41) is 4.13. The van der Waals surface area contributed by atoms with Crippen molar-refractivity contribution in [1.82, 2.24) is 14.1 Å². The van der Waals surface area contributed by atoms with Crippen LogP contribution in [0.1, 0.15) is 32.1 Å². The molecule has 0 unspecified atom stereocenters. The number of aryl methyl sites for hydroxylation is 1. The summed E-state index contributed by atoms with van der Waals surface area (Å²) in [6.45, 7) is 1.93. The molecule has 2 aliphatic carbocycles. The van der Waals surface area contributed by atoms with Gasteiger partial charge in [0.2, 0.25) is 10.0 Å². The minimum Gasteiger partial charge on any atom is -0.330 e. The number of aromatic nitrogens is 2. The van der Waals surface area contributed by atoms with Crippen LogP contribution in [0, 0.1) is 5.92 Å². The van der Waals surface area contributed by atoms with E-state index in [9.17, 15) is 8.42 Å². The molecular formula is C13H22N4O2S. The van der Waals surface area contributed by atoms with Crippen LogP contribution in [0.5, 0.6) is 0 Å². The maximum atomic E-state index is 12.7. The van der Waals surface area contributed by atoms with E-state index < -0.39 is 10.0 Å². The molecule has 112 valence electrons. The molecule has 0 bridgehead atoms. The molecule has 0 atom stereocenters. The zero-order valence-electron chi connectivity index (χ0n) is 11.6. The van der Waals surface area contributed by atoms with E-state index in [0.29, 0.717) is 30.4 Å². The van der Waals surface area contributed by atoms with E-state index in [-0.39, 0.29) is 6.04 Å². The normalized spacial score (nSPS) is 19.7. The van der Waals surface area contributed by atoms with Crippen LogP contribution in [0.3, 0.4) is 0 Å². The molecule has 0 aliphatic heterocycles. The van der Waals surface area contributed by atoms with E-state index in [4.69, 9.17) is 5.73 Å². The van der Waals surface area contributed by atoms with Gasteiger partial charge >= 0.3 is 0 Å². The first-order valence-electron chi connectivity index (χ1n) is 7.35. The van der Waals surface area contributed by atoms with Crippen LogP contribution in [0.2, 0.25) is 0 Å². The van der Waals surface area contributed by atoms with Gasteiger partial charge in [0.1, 0.15) is 4.90 Å². The van der Waals surface area contributed by atoms with Crippen molar-refractivity contribution in [2.45, 2.75) is 49.6 Å². The molecular weight excluding hydrogens is 276 g/mol. The Hall–Kier alpha value is -0.920. The second kappa shape index (κ2) is 5.46. The molecule has 20 heavy (non-hydrogen) atoms. The zero-order chi connectivity index (χ0) is 14.2. The Labute approximate surface area is 120 Å². The van der Waals surface area contributed by atoms with Gasteiger partial charge in [0.15, 0.2) is 0 Å². The van der Waals surface area contributed by atoms with Crippen LogP contribution < -0.4 is 5.73 Å². The highest BCUT2D eigenvalue weighted by molar-refractivity contribution is 7.89. The summed E-state index contributed by atoms with van der Waals surface area (Å²) >= 11 is 0. The molecule has 7 heteroatoms. The number of sulfonamides is 1. The smallest absolute Gasteiger partial charge is 0.246 e. The van der Waals surface area contributed by atoms with Gasteiger partial charge in [-0.1, -0.05) is 0 Å². The summed E-state index contributed by atoms with van der Waals surface area (Å²) in [6, 6.07) is 0.216. The SMILES string of the molecule is NCCCn1cc(S(=O)(=O)N(CC2CC2)C2CC2)cn1. The molecule has 0 radical (unpaired) electrons. The van der Waals surface area contributed by atoms with Gasteiger partial charge in [-0.2, -0.15) is 9.40 Å². The van der Waals surface area contributed by atoms with Crippen LogP contribution in [-0.4, -0.2) is 41.6 Å². The fraction of sp³-hybridized carbons (Fsp3) is 0.769. The molecule has 6 nitrogen and oxygen atoms in total. The lowest BCUT2D eigenvalue weighted by Gasteiger charge is -2.20. The highest BCUT2D eigenvalue weighted by atomic mass is 32.2. The zero-order valence-corrected chi connectivity index (χ0v) is 12.4. The Morgan fingerprint density at radius 3 is 2.70 bits per heavy atom. The van der Waals surface area contributed by atoms with Crippen molar-refractivity contribution in [3.8, 4) is 0 Å². The second-order valence-electron chi connectivity index (χ2n) is 5.83. The van der Waals surface area contributed by atoms with Gasteiger partial charge < -0.3 is 5.73 Å². The molecule has 2 N–H and O–H groups in total. The molecule has 1 aromatic heterocycles. The van der Waals surface area contributed by atoms with Crippen LogP contribution in [-0.2, 0) is 16.6 Å². The maximum absolute atomic E-state index is 12.7. The van der Waals surface area contributed by atoms with Gasteiger partial charge in [-0.3, -0.25) is 4.68 Å². The van der Waals surface area contributed by atoms with Gasteiger partial charge in [-0.25, -0.2) is 8.42 Å². The fourth-order valence-electron chi connectivity index (χ4n) is 2.35. The standard InChI is InChI=1S/C13H22N4O2S/c14-6-1-7-16-10-13(8-15-16)20(18,19)17(12-4-5-12)9-11-2-3-11/h8,10-12H,1-7,9,14H2. The average Bonchev–Trinajstić information content (AvgIpc) is 3.32. The Balaban J connectivity index is 1.76. The molecule has 2 fully saturated rings. The molecule has 0 spiro atoms. The van der Waals surface area contributed by atoms with E-state index in [0.717, 1.165) is 32.1 Å². The predicted octanol–water partition coefficient (Wildman–Crippen LogP) is 0.795. The summed E-state index contributed by atoms with van der Waals surface area (Å²) in [4.78, 5) is 0.321. The van der Waals surface area contributed by atoms with Crippen molar-refractivity contribution in [1.29, 1.82) is 0 Å². The van der Waals surface area contributed by atoms with E-state index in [1.54, 1.807) is 15.2 Å². The number of nitrogens with two attached hydrogens (primary N) is 1. The largest absolute Gasteiger partial charge is 0.330 e. The molecule has 0 aromatic carbocycles. The fourth-order valence-corrected chi connectivity index (χ4v) is 4.07. The third-order valence-corrected chi connectivity index (χ3v) is 5.77. The Morgan fingerprint density at radius 1 is 1.35 bits per heavy atom. The van der Waals surface area contributed by atoms with E-state index in [1.165, 1.54) is 6.20 Å². The molecule has 1 heterocycles. The first-order chi connectivity index (χ1) is 9.61. The van der Waals surface area contributed by atoms with Gasteiger partial charge in [0, 0.05) is 25.3 Å². The number of hydrogen-bond acceptors (Lipinski definition) is 4. The molecule has 0 saturated heterocycles. The number of hydrogen-bond donors (Lipinski definition) is 1. The van der Waals surface area contributed by atoms with Crippen molar-refractivity contribution < 1.29 is 8.42 Å². The molecule has 0 amide bonds. The van der Waals surface area contributed by atoms with E-state index in [2.05, 4.69) is 5.10 Å². The van der Waals surface area contributed by atoms with Crippen molar-refractivity contribution in [3.63, 3.8) is 0 Å². The number of rotatable bonds is 8. The van der Waals surface area contributed by atoms with Gasteiger partial charge in [-0.05, 0) is 44.6 Å². The third kappa shape index (κ3) is 3.05. The first kappa shape index (κ1) is 14.0. The van der Waals surface area contributed by atoms with E-state index in [1.807, 2.05) is 0 Å². The van der Waals surface area contributed by atoms with Crippen LogP contribution in [0.25, 0.3) is 0 Å². The first-order valence-corrected chi connectivity index (χ1v) is 8.79. The third-order valence-electron chi connectivity index (χ3n) is 3.90. The quantitative estimate of drug-likeness (QED) is 0.769. The van der Waals surface area contributed by atoms with Crippen molar-refractivity contribution >= 4 is 10.0 Å². The monoisotopic (exact) mass is 298 g/mol. The van der Waals surface area contributed by atoms with Gasteiger partial charge in [0.25, 0.3) is 0 Å². The van der Waals surface area contributed by atoms with Crippen LogP contribution in [0.4, 0.5) is 0 Å². The predicted molar refractivity (Wildman–Crippen MR) is 75.5 cm³/mol. The summed E-state index contributed by atoms with van der Waals surface area (Å²) in [5.41, 5.74) is 5.46. The minimum atomic E-state index is -3.38. The second-order valence-corrected chi connectivity index (χ2v) is 7.72. The summed E-state index contributed by atoms with van der Waals surface area (Å²) in [7, 11) is -3.38. The van der Waals surface area contributed by atoms with Crippen molar-refractivity contribution in [2.75, 3.05) is 13.1 Å². The Kier molecular flexibility index (Phi) is 3.83. The summed E-state index contributed by atoms with van der Waals surface area (Å²) in [6.07, 6.45) is 8.21. The van der Waals surface area contributed by atoms with Crippen molar-refractivity contribution in [3.05, 3.63) is 12.4 Å². The highest BCUT2D eigenvalue weighted by Crippen LogP contribution is 2.37. The van der Waals surface area contributed by atoms with Crippen molar-refractivity contribution in [2.24, 2.45) is 11.7 Å². The van der Waals surface area contributed by atoms with Crippen LogP contribution in [0.15, 0.2) is 17.3 Å². The molecule has 2 saturated carbocycles. The Morgan fingerprint density at radius 2 is 2.10 bits per heavy atom. The average molecular weight is 298 g/mol. The van der Waals surface area contributed by atoms with Crippen LogP contribution >= 0.6 is 0 Å². The topological polar surface area (TPSA) is 81.2 Å². The highest BCUT2D eigenvalue weighted by Gasteiger charge is 2.41. The maximum Gasteiger partial charge on any atom is 0.246 e. The lowest BCUT2D eigenvalue weighted by Crippen LogP contribution is -2.34. The molecule has 1 aromatic rings. The number of nitrogens with zero attached hydrogens (tertiary/aromatic N) is 3. The Bertz CT molecular complexity index is 561. The summed E-state index contributed by atoms with van der Waals surface area (Å²) in [5.74, 6) is 0.567. The lowest BCUT2D eigenvalue weighted by atomic mass is 10.4. The van der Waals surface area contributed by atoms with Gasteiger partial charge in [-0.15, -0.1) is 0 Å². The van der Waals surface area contributed by atoms with E-state index >= 15 is 0 Å². The summed E-state index contributed by atoms with van der Waals surface area (Å²) < 4.78 is 28.8. The lowest BCUT2D eigenvalue weighted by molar-refractivity contribution is 0.388. The molecule has 2 aliphatic rings. The minimum absolute atomic E-state index is 0.216.